The normalized spacial score (nSPS) is 13.2. The molecule has 0 fully saturated rings. The minimum absolute atomic E-state index is 0.115. The molecule has 0 saturated carbocycles. The van der Waals surface area contributed by atoms with Crippen molar-refractivity contribution in [1.29, 1.82) is 0 Å². The maximum absolute atomic E-state index is 12.2. The molecule has 1 aliphatic rings. The maximum Gasteiger partial charge on any atom is 0.251 e. The molecule has 0 spiro atoms. The van der Waals surface area contributed by atoms with Gasteiger partial charge in [0.1, 0.15) is 0 Å². The molecule has 0 bridgehead atoms. The highest BCUT2D eigenvalue weighted by molar-refractivity contribution is 5.94. The third-order valence-corrected chi connectivity index (χ3v) is 3.69. The Morgan fingerprint density at radius 2 is 1.78 bits per heavy atom. The summed E-state index contributed by atoms with van der Waals surface area (Å²) in [5.74, 6) is 1.21. The summed E-state index contributed by atoms with van der Waals surface area (Å²) in [7, 11) is 0. The van der Waals surface area contributed by atoms with Crippen molar-refractivity contribution in [3.05, 3.63) is 53.6 Å². The second kappa shape index (κ2) is 7.05. The zero-order chi connectivity index (χ0) is 16.1. The van der Waals surface area contributed by atoms with E-state index in [-0.39, 0.29) is 5.91 Å². The summed E-state index contributed by atoms with van der Waals surface area (Å²) >= 11 is 0. The smallest absolute Gasteiger partial charge is 0.251 e. The lowest BCUT2D eigenvalue weighted by atomic mass is 10.1. The first-order valence-corrected chi connectivity index (χ1v) is 7.74. The number of hydrogen-bond donors (Lipinski definition) is 2. The van der Waals surface area contributed by atoms with Crippen molar-refractivity contribution in [2.45, 2.75) is 12.8 Å². The number of hydrogen-bond acceptors (Lipinski definition) is 4. The van der Waals surface area contributed by atoms with Gasteiger partial charge < -0.3 is 20.5 Å². The molecule has 0 aromatic heterocycles. The lowest BCUT2D eigenvalue weighted by Crippen LogP contribution is -2.25. The number of ether oxygens (including phenoxy) is 2. The first kappa shape index (κ1) is 15.2. The Hall–Kier alpha value is -2.69. The van der Waals surface area contributed by atoms with E-state index >= 15 is 0 Å². The summed E-state index contributed by atoms with van der Waals surface area (Å²) in [6, 6.07) is 12.9. The van der Waals surface area contributed by atoms with Gasteiger partial charge in [-0.15, -0.1) is 0 Å². The van der Waals surface area contributed by atoms with Crippen molar-refractivity contribution in [3.8, 4) is 11.5 Å². The average molecular weight is 312 g/mol. The summed E-state index contributed by atoms with van der Waals surface area (Å²) in [5.41, 5.74) is 8.11. The molecule has 2 aromatic carbocycles. The Morgan fingerprint density at radius 3 is 2.57 bits per heavy atom. The van der Waals surface area contributed by atoms with E-state index in [0.717, 1.165) is 24.1 Å². The van der Waals surface area contributed by atoms with E-state index in [9.17, 15) is 4.79 Å². The van der Waals surface area contributed by atoms with Crippen LogP contribution in [-0.4, -0.2) is 25.7 Å². The van der Waals surface area contributed by atoms with Gasteiger partial charge in [0.2, 0.25) is 0 Å². The second-order valence-electron chi connectivity index (χ2n) is 5.46. The van der Waals surface area contributed by atoms with Crippen LogP contribution in [0, 0.1) is 0 Å². The van der Waals surface area contributed by atoms with Gasteiger partial charge in [-0.2, -0.15) is 0 Å². The number of anilines is 1. The average Bonchev–Trinajstić information content (AvgIpc) is 2.81. The quantitative estimate of drug-likeness (QED) is 0.850. The number of carbonyl (C=O) groups excluding carboxylic acids is 1. The van der Waals surface area contributed by atoms with Gasteiger partial charge in [0.25, 0.3) is 5.91 Å². The first-order valence-electron chi connectivity index (χ1n) is 7.74. The zero-order valence-electron chi connectivity index (χ0n) is 12.9. The van der Waals surface area contributed by atoms with Crippen LogP contribution in [0.25, 0.3) is 0 Å². The van der Waals surface area contributed by atoms with Crippen molar-refractivity contribution < 1.29 is 14.3 Å². The molecular weight excluding hydrogens is 292 g/mol. The largest absolute Gasteiger partial charge is 0.490 e. The Balaban J connectivity index is 1.57. The Bertz CT molecular complexity index is 683. The van der Waals surface area contributed by atoms with Gasteiger partial charge in [-0.05, 0) is 42.3 Å². The Morgan fingerprint density at radius 1 is 1.04 bits per heavy atom. The molecule has 2 aromatic rings. The van der Waals surface area contributed by atoms with Crippen LogP contribution in [0.15, 0.2) is 42.5 Å². The molecule has 120 valence electrons. The minimum atomic E-state index is -0.115. The number of nitrogen functional groups attached to an aromatic ring is 1. The number of nitrogens with two attached hydrogens (primary N) is 1. The molecule has 3 N–H and O–H groups in total. The van der Waals surface area contributed by atoms with Crippen LogP contribution in [0.2, 0.25) is 0 Å². The standard InChI is InChI=1S/C18H20N2O3/c19-15-5-2-13(3-6-15)8-9-20-18(21)14-4-7-16-17(12-14)23-11-1-10-22-16/h2-7,12H,1,8-11,19H2,(H,20,21). The molecule has 5 nitrogen and oxygen atoms in total. The van der Waals surface area contributed by atoms with Crippen LogP contribution in [0.5, 0.6) is 11.5 Å². The number of carbonyl (C=O) groups is 1. The van der Waals surface area contributed by atoms with Crippen molar-refractivity contribution in [2.75, 3.05) is 25.5 Å². The highest BCUT2D eigenvalue weighted by Gasteiger charge is 2.13. The van der Waals surface area contributed by atoms with E-state index in [0.29, 0.717) is 36.8 Å². The van der Waals surface area contributed by atoms with Crippen LogP contribution in [0.1, 0.15) is 22.3 Å². The van der Waals surface area contributed by atoms with Gasteiger partial charge in [0, 0.05) is 24.2 Å². The molecule has 0 aliphatic carbocycles. The number of amides is 1. The monoisotopic (exact) mass is 312 g/mol. The van der Waals surface area contributed by atoms with Crippen molar-refractivity contribution >= 4 is 11.6 Å². The van der Waals surface area contributed by atoms with E-state index in [1.165, 1.54) is 0 Å². The third kappa shape index (κ3) is 3.94. The van der Waals surface area contributed by atoms with Gasteiger partial charge in [-0.25, -0.2) is 0 Å². The molecule has 0 unspecified atom stereocenters. The molecule has 1 aliphatic heterocycles. The molecule has 1 heterocycles. The predicted octanol–water partition coefficient (Wildman–Crippen LogP) is 2.40. The molecule has 0 saturated heterocycles. The molecule has 3 rings (SSSR count). The van der Waals surface area contributed by atoms with E-state index < -0.39 is 0 Å². The summed E-state index contributed by atoms with van der Waals surface area (Å²) < 4.78 is 11.2. The number of rotatable bonds is 4. The predicted molar refractivity (Wildman–Crippen MR) is 88.9 cm³/mol. The van der Waals surface area contributed by atoms with Crippen LogP contribution in [0.3, 0.4) is 0 Å². The van der Waals surface area contributed by atoms with Gasteiger partial charge in [0.15, 0.2) is 11.5 Å². The van der Waals surface area contributed by atoms with E-state index in [1.54, 1.807) is 18.2 Å². The van der Waals surface area contributed by atoms with Crippen molar-refractivity contribution in [3.63, 3.8) is 0 Å². The second-order valence-corrected chi connectivity index (χ2v) is 5.46. The zero-order valence-corrected chi connectivity index (χ0v) is 12.9. The van der Waals surface area contributed by atoms with Crippen molar-refractivity contribution in [2.24, 2.45) is 0 Å². The summed E-state index contributed by atoms with van der Waals surface area (Å²) in [4.78, 5) is 12.2. The number of fused-ring (bicyclic) bond motifs is 1. The highest BCUT2D eigenvalue weighted by atomic mass is 16.5. The molecule has 0 radical (unpaired) electrons. The van der Waals surface area contributed by atoms with Crippen LogP contribution in [-0.2, 0) is 6.42 Å². The summed E-state index contributed by atoms with van der Waals surface area (Å²) in [6.07, 6.45) is 1.61. The van der Waals surface area contributed by atoms with Gasteiger partial charge >= 0.3 is 0 Å². The van der Waals surface area contributed by atoms with E-state index in [4.69, 9.17) is 15.2 Å². The minimum Gasteiger partial charge on any atom is -0.490 e. The molecule has 23 heavy (non-hydrogen) atoms. The highest BCUT2D eigenvalue weighted by Crippen LogP contribution is 2.30. The van der Waals surface area contributed by atoms with Crippen LogP contribution in [0.4, 0.5) is 5.69 Å². The summed E-state index contributed by atoms with van der Waals surface area (Å²) in [5, 5.41) is 2.92. The molecule has 1 amide bonds. The topological polar surface area (TPSA) is 73.6 Å². The van der Waals surface area contributed by atoms with Gasteiger partial charge in [0.05, 0.1) is 13.2 Å². The fraction of sp³-hybridized carbons (Fsp3) is 0.278. The Kier molecular flexibility index (Phi) is 4.66. The van der Waals surface area contributed by atoms with Crippen molar-refractivity contribution in [1.82, 2.24) is 5.32 Å². The molecule has 5 heteroatoms. The van der Waals surface area contributed by atoms with E-state index in [1.807, 2.05) is 24.3 Å². The first-order chi connectivity index (χ1) is 11.2. The van der Waals surface area contributed by atoms with E-state index in [2.05, 4.69) is 5.32 Å². The molecule has 0 atom stereocenters. The SMILES string of the molecule is Nc1ccc(CCNC(=O)c2ccc3c(c2)OCCCO3)cc1. The fourth-order valence-electron chi connectivity index (χ4n) is 2.41. The third-order valence-electron chi connectivity index (χ3n) is 3.69. The number of benzene rings is 2. The van der Waals surface area contributed by atoms with Gasteiger partial charge in [-0.1, -0.05) is 12.1 Å². The lowest BCUT2D eigenvalue weighted by molar-refractivity contribution is 0.0953. The Labute approximate surface area is 135 Å². The lowest BCUT2D eigenvalue weighted by Gasteiger charge is -2.10. The number of nitrogens with one attached hydrogen (secondary N) is 1. The van der Waals surface area contributed by atoms with Crippen LogP contribution >= 0.6 is 0 Å². The maximum atomic E-state index is 12.2. The summed E-state index contributed by atoms with van der Waals surface area (Å²) in [6.45, 7) is 1.81. The van der Waals surface area contributed by atoms with Crippen LogP contribution < -0.4 is 20.5 Å². The fourth-order valence-corrected chi connectivity index (χ4v) is 2.41. The molecular formula is C18H20N2O3. The van der Waals surface area contributed by atoms with Gasteiger partial charge in [-0.3, -0.25) is 4.79 Å².